The van der Waals surface area contributed by atoms with E-state index in [0.29, 0.717) is 18.6 Å². The predicted molar refractivity (Wildman–Crippen MR) is 54.1 cm³/mol. The molecule has 0 amide bonds. The first-order valence-corrected chi connectivity index (χ1v) is 5.98. The van der Waals surface area contributed by atoms with Crippen LogP contribution in [0.3, 0.4) is 0 Å². The van der Waals surface area contributed by atoms with Crippen molar-refractivity contribution in [2.75, 3.05) is 0 Å². The Balaban J connectivity index is 1.89. The van der Waals surface area contributed by atoms with Gasteiger partial charge in [0.1, 0.15) is 5.78 Å². The minimum Gasteiger partial charge on any atom is -0.411 e. The average molecular weight is 219 g/mol. The molecule has 1 N–H and O–H groups in total. The van der Waals surface area contributed by atoms with Gasteiger partial charge in [0.15, 0.2) is 5.78 Å². The summed E-state index contributed by atoms with van der Waals surface area (Å²) in [5.41, 5.74) is 0.773. The van der Waals surface area contributed by atoms with Crippen LogP contribution in [0.2, 0.25) is 0 Å². The Bertz CT molecular complexity index is 449. The molecule has 5 rings (SSSR count). The molecule has 0 saturated heterocycles. The summed E-state index contributed by atoms with van der Waals surface area (Å²) >= 11 is 0. The molecule has 0 aromatic rings. The van der Waals surface area contributed by atoms with Gasteiger partial charge in [-0.05, 0) is 31.1 Å². The summed E-state index contributed by atoms with van der Waals surface area (Å²) in [5, 5.41) is 12.5. The van der Waals surface area contributed by atoms with E-state index in [9.17, 15) is 9.59 Å². The number of carbonyl (C=O) groups excluding carboxylic acids is 2. The Kier molecular flexibility index (Phi) is 1.33. The summed E-state index contributed by atoms with van der Waals surface area (Å²) in [6, 6.07) is 0. The minimum absolute atomic E-state index is 0.0146. The largest absolute Gasteiger partial charge is 0.411 e. The number of ketones is 2. The van der Waals surface area contributed by atoms with E-state index in [-0.39, 0.29) is 40.7 Å². The van der Waals surface area contributed by atoms with Crippen molar-refractivity contribution in [2.24, 2.45) is 34.2 Å². The lowest BCUT2D eigenvalue weighted by Crippen LogP contribution is -2.61. The Labute approximate surface area is 92.7 Å². The quantitative estimate of drug-likeness (QED) is 0.376. The maximum atomic E-state index is 12.1. The van der Waals surface area contributed by atoms with Crippen LogP contribution in [0.25, 0.3) is 0 Å². The van der Waals surface area contributed by atoms with Gasteiger partial charge in [-0.25, -0.2) is 0 Å². The van der Waals surface area contributed by atoms with Crippen molar-refractivity contribution in [1.82, 2.24) is 0 Å². The van der Waals surface area contributed by atoms with Crippen LogP contribution < -0.4 is 0 Å². The second kappa shape index (κ2) is 2.39. The van der Waals surface area contributed by atoms with Crippen molar-refractivity contribution in [3.05, 3.63) is 0 Å². The van der Waals surface area contributed by atoms with E-state index in [1.54, 1.807) is 0 Å². The van der Waals surface area contributed by atoms with Gasteiger partial charge in [-0.2, -0.15) is 0 Å². The van der Waals surface area contributed by atoms with Crippen molar-refractivity contribution in [2.45, 2.75) is 25.7 Å². The van der Waals surface area contributed by atoms with Crippen LogP contribution in [0.15, 0.2) is 5.16 Å². The fraction of sp³-hybridized carbons (Fsp3) is 0.750. The van der Waals surface area contributed by atoms with Gasteiger partial charge in [0.05, 0.1) is 17.5 Å². The van der Waals surface area contributed by atoms with E-state index >= 15 is 0 Å². The molecule has 0 aromatic carbocycles. The number of hydrogen-bond acceptors (Lipinski definition) is 4. The van der Waals surface area contributed by atoms with E-state index in [1.165, 1.54) is 0 Å². The summed E-state index contributed by atoms with van der Waals surface area (Å²) in [6.07, 6.45) is 3.37. The fourth-order valence-electron chi connectivity index (χ4n) is 4.46. The molecule has 4 unspecified atom stereocenters. The van der Waals surface area contributed by atoms with Crippen molar-refractivity contribution >= 4 is 17.3 Å². The molecule has 16 heavy (non-hydrogen) atoms. The zero-order chi connectivity index (χ0) is 11.1. The minimum atomic E-state index is -0.370. The van der Waals surface area contributed by atoms with Gasteiger partial charge >= 0.3 is 0 Å². The maximum absolute atomic E-state index is 12.1. The third kappa shape index (κ3) is 0.720. The van der Waals surface area contributed by atoms with Crippen molar-refractivity contribution in [1.29, 1.82) is 0 Å². The van der Waals surface area contributed by atoms with Crippen molar-refractivity contribution in [3.8, 4) is 0 Å². The van der Waals surface area contributed by atoms with Gasteiger partial charge in [0.2, 0.25) is 0 Å². The Hall–Kier alpha value is -1.19. The number of nitrogens with zero attached hydrogens (tertiary/aromatic N) is 1. The van der Waals surface area contributed by atoms with Crippen LogP contribution in [0.5, 0.6) is 0 Å². The number of rotatable bonds is 0. The van der Waals surface area contributed by atoms with Crippen LogP contribution in [0.4, 0.5) is 0 Å². The summed E-state index contributed by atoms with van der Waals surface area (Å²) in [5.74, 6) is -0.118. The number of hydrogen-bond donors (Lipinski definition) is 1. The summed E-state index contributed by atoms with van der Waals surface area (Å²) in [6.45, 7) is 0. The van der Waals surface area contributed by atoms with Gasteiger partial charge in [-0.15, -0.1) is 0 Å². The Morgan fingerprint density at radius 2 is 1.75 bits per heavy atom. The SMILES string of the molecule is O=C1C2CC3/C(=N\O)C1CC(C2=O)C31CC1. The van der Waals surface area contributed by atoms with Crippen LogP contribution in [-0.4, -0.2) is 22.5 Å². The first kappa shape index (κ1) is 8.90. The van der Waals surface area contributed by atoms with Gasteiger partial charge in [0, 0.05) is 11.8 Å². The second-order valence-electron chi connectivity index (χ2n) is 5.74. The summed E-state index contributed by atoms with van der Waals surface area (Å²) in [4.78, 5) is 24.1. The zero-order valence-corrected chi connectivity index (χ0v) is 8.85. The van der Waals surface area contributed by atoms with E-state index < -0.39 is 0 Å². The maximum Gasteiger partial charge on any atom is 0.152 e. The molecule has 84 valence electrons. The van der Waals surface area contributed by atoms with Gasteiger partial charge in [0.25, 0.3) is 0 Å². The molecule has 0 radical (unpaired) electrons. The monoisotopic (exact) mass is 219 g/mol. The van der Waals surface area contributed by atoms with Crippen molar-refractivity contribution < 1.29 is 14.8 Å². The molecule has 4 heteroatoms. The Morgan fingerprint density at radius 3 is 2.38 bits per heavy atom. The molecule has 5 aliphatic rings. The predicted octanol–water partition coefficient (Wildman–Crippen LogP) is 1.02. The molecule has 0 heterocycles. The third-order valence-electron chi connectivity index (χ3n) is 5.36. The zero-order valence-electron chi connectivity index (χ0n) is 8.85. The molecule has 4 atom stereocenters. The van der Waals surface area contributed by atoms with Crippen LogP contribution in [0.1, 0.15) is 25.7 Å². The molecular formula is C12H13NO3. The van der Waals surface area contributed by atoms with Gasteiger partial charge < -0.3 is 5.21 Å². The highest BCUT2D eigenvalue weighted by atomic mass is 16.4. The van der Waals surface area contributed by atoms with E-state index in [2.05, 4.69) is 5.16 Å². The fourth-order valence-corrected chi connectivity index (χ4v) is 4.46. The summed E-state index contributed by atoms with van der Waals surface area (Å²) < 4.78 is 0. The second-order valence-corrected chi connectivity index (χ2v) is 5.74. The van der Waals surface area contributed by atoms with Crippen LogP contribution in [-0.2, 0) is 9.59 Å². The molecule has 0 aromatic heterocycles. The van der Waals surface area contributed by atoms with Crippen LogP contribution >= 0.6 is 0 Å². The van der Waals surface area contributed by atoms with Crippen LogP contribution in [0, 0.1) is 29.1 Å². The van der Waals surface area contributed by atoms with Crippen molar-refractivity contribution in [3.63, 3.8) is 0 Å². The average Bonchev–Trinajstić information content (AvgIpc) is 3.03. The third-order valence-corrected chi connectivity index (χ3v) is 5.36. The highest BCUT2D eigenvalue weighted by Crippen LogP contribution is 2.69. The molecule has 4 nitrogen and oxygen atoms in total. The molecule has 4 bridgehead atoms. The smallest absolute Gasteiger partial charge is 0.152 e. The lowest BCUT2D eigenvalue weighted by atomic mass is 9.48. The molecule has 1 spiro atoms. The molecule has 0 aliphatic heterocycles. The van der Waals surface area contributed by atoms with E-state index in [1.807, 2.05) is 0 Å². The highest BCUT2D eigenvalue weighted by Gasteiger charge is 2.71. The first-order valence-electron chi connectivity index (χ1n) is 5.98. The van der Waals surface area contributed by atoms with E-state index in [4.69, 9.17) is 5.21 Å². The van der Waals surface area contributed by atoms with Gasteiger partial charge in [-0.3, -0.25) is 9.59 Å². The van der Waals surface area contributed by atoms with Gasteiger partial charge in [-0.1, -0.05) is 5.16 Å². The Morgan fingerprint density at radius 1 is 1.06 bits per heavy atom. The topological polar surface area (TPSA) is 66.7 Å². The number of oxime groups is 1. The van der Waals surface area contributed by atoms with E-state index in [0.717, 1.165) is 12.8 Å². The normalized spacial score (nSPS) is 49.4. The number of carbonyl (C=O) groups is 2. The summed E-state index contributed by atoms with van der Waals surface area (Å²) in [7, 11) is 0. The number of Topliss-reactive ketones (excluding diaryl/α,β-unsaturated/α-hetero) is 2. The molecular weight excluding hydrogens is 206 g/mol. The first-order chi connectivity index (χ1) is 7.69. The lowest BCUT2D eigenvalue weighted by Gasteiger charge is -2.52. The molecule has 5 saturated carbocycles. The highest BCUT2D eigenvalue weighted by molar-refractivity contribution is 6.20. The molecule has 5 aliphatic carbocycles. The standard InChI is InChI=1S/C12H13NO3/c14-10-5-3-8-11(15)6(10)4-7(9(5)13-16)12(8)1-2-12/h5-8,16H,1-4H2/b13-9-. The lowest BCUT2D eigenvalue weighted by molar-refractivity contribution is -0.151. The molecule has 5 fully saturated rings.